The molecule has 0 atom stereocenters. The van der Waals surface area contributed by atoms with Gasteiger partial charge in [-0.1, -0.05) is 54.1 Å². The third kappa shape index (κ3) is 3.34. The average molecular weight is 306 g/mol. The summed E-state index contributed by atoms with van der Waals surface area (Å²) < 4.78 is 10.8. The Morgan fingerprint density at radius 2 is 1.61 bits per heavy atom. The van der Waals surface area contributed by atoms with Crippen LogP contribution in [0.3, 0.4) is 0 Å². The van der Waals surface area contributed by atoms with Gasteiger partial charge in [-0.05, 0) is 35.4 Å². The largest absolute Gasteiger partial charge is 0.496 e. The molecule has 0 radical (unpaired) electrons. The Morgan fingerprint density at radius 1 is 0.957 bits per heavy atom. The molecule has 0 fully saturated rings. The van der Waals surface area contributed by atoms with Crippen LogP contribution in [0.15, 0.2) is 60.7 Å². The van der Waals surface area contributed by atoms with Crippen LogP contribution in [0.5, 0.6) is 5.75 Å². The molecule has 0 aliphatic carbocycles. The van der Waals surface area contributed by atoms with Crippen molar-refractivity contribution >= 4 is 16.7 Å². The summed E-state index contributed by atoms with van der Waals surface area (Å²) in [5.41, 5.74) is 2.58. The number of ether oxygens (including phenoxy) is 2. The molecule has 116 valence electrons. The number of methoxy groups -OCH3 is 1. The molecule has 0 saturated heterocycles. The Kier molecular flexibility index (Phi) is 4.29. The van der Waals surface area contributed by atoms with Crippen molar-refractivity contribution in [2.45, 2.75) is 13.5 Å². The van der Waals surface area contributed by atoms with Gasteiger partial charge in [0.15, 0.2) is 0 Å². The van der Waals surface area contributed by atoms with Gasteiger partial charge in [0.05, 0.1) is 7.11 Å². The molecule has 3 aromatic carbocycles. The maximum absolute atomic E-state index is 12.4. The highest BCUT2D eigenvalue weighted by atomic mass is 16.5. The van der Waals surface area contributed by atoms with Gasteiger partial charge in [0.25, 0.3) is 0 Å². The zero-order chi connectivity index (χ0) is 16.2. The number of benzene rings is 3. The molecule has 0 amide bonds. The molecule has 0 aromatic heterocycles. The summed E-state index contributed by atoms with van der Waals surface area (Å²) in [6.45, 7) is 2.27. The number of hydrogen-bond acceptors (Lipinski definition) is 3. The first-order chi connectivity index (χ1) is 11.2. The van der Waals surface area contributed by atoms with Crippen molar-refractivity contribution in [1.29, 1.82) is 0 Å². The second-order valence-electron chi connectivity index (χ2n) is 5.46. The molecule has 0 aliphatic heterocycles. The van der Waals surface area contributed by atoms with E-state index in [0.717, 1.165) is 16.3 Å². The van der Waals surface area contributed by atoms with Gasteiger partial charge >= 0.3 is 5.97 Å². The van der Waals surface area contributed by atoms with Crippen molar-refractivity contribution in [3.05, 3.63) is 77.4 Å². The van der Waals surface area contributed by atoms with Gasteiger partial charge < -0.3 is 9.47 Å². The van der Waals surface area contributed by atoms with E-state index in [2.05, 4.69) is 0 Å². The van der Waals surface area contributed by atoms with E-state index in [1.807, 2.05) is 67.6 Å². The van der Waals surface area contributed by atoms with Crippen molar-refractivity contribution in [1.82, 2.24) is 0 Å². The topological polar surface area (TPSA) is 35.5 Å². The van der Waals surface area contributed by atoms with Crippen LogP contribution in [0, 0.1) is 6.92 Å². The van der Waals surface area contributed by atoms with Crippen molar-refractivity contribution in [2.75, 3.05) is 7.11 Å². The summed E-state index contributed by atoms with van der Waals surface area (Å²) in [5.74, 6) is 0.144. The molecule has 0 unspecified atom stereocenters. The number of rotatable bonds is 4. The molecule has 0 saturated carbocycles. The lowest BCUT2D eigenvalue weighted by atomic mass is 10.1. The normalized spacial score (nSPS) is 10.5. The first kappa shape index (κ1) is 15.1. The summed E-state index contributed by atoms with van der Waals surface area (Å²) in [4.78, 5) is 12.4. The van der Waals surface area contributed by atoms with E-state index in [1.54, 1.807) is 7.11 Å². The molecule has 3 aromatic rings. The molecule has 0 bridgehead atoms. The number of carbonyl (C=O) groups excluding carboxylic acids is 1. The van der Waals surface area contributed by atoms with Gasteiger partial charge in [-0.15, -0.1) is 0 Å². The van der Waals surface area contributed by atoms with E-state index >= 15 is 0 Å². The fourth-order valence-corrected chi connectivity index (χ4v) is 2.46. The van der Waals surface area contributed by atoms with Crippen molar-refractivity contribution in [2.24, 2.45) is 0 Å². The van der Waals surface area contributed by atoms with Crippen LogP contribution in [0.2, 0.25) is 0 Å². The van der Waals surface area contributed by atoms with Gasteiger partial charge in [0, 0.05) is 0 Å². The van der Waals surface area contributed by atoms with E-state index in [4.69, 9.17) is 9.47 Å². The van der Waals surface area contributed by atoms with Crippen molar-refractivity contribution in [3.63, 3.8) is 0 Å². The van der Waals surface area contributed by atoms with Gasteiger partial charge in [-0.2, -0.15) is 0 Å². The van der Waals surface area contributed by atoms with E-state index in [1.165, 1.54) is 5.56 Å². The van der Waals surface area contributed by atoms with E-state index in [9.17, 15) is 4.79 Å². The Labute approximate surface area is 135 Å². The first-order valence-electron chi connectivity index (χ1n) is 7.47. The monoisotopic (exact) mass is 306 g/mol. The van der Waals surface area contributed by atoms with Gasteiger partial charge in [-0.3, -0.25) is 0 Å². The Morgan fingerprint density at radius 3 is 2.26 bits per heavy atom. The third-order valence-corrected chi connectivity index (χ3v) is 3.78. The van der Waals surface area contributed by atoms with Crippen molar-refractivity contribution in [3.8, 4) is 5.75 Å². The predicted octanol–water partition coefficient (Wildman–Crippen LogP) is 4.51. The lowest BCUT2D eigenvalue weighted by molar-refractivity contribution is 0.0469. The highest BCUT2D eigenvalue weighted by Gasteiger charge is 2.15. The third-order valence-electron chi connectivity index (χ3n) is 3.78. The lowest BCUT2D eigenvalue weighted by Crippen LogP contribution is -2.07. The zero-order valence-electron chi connectivity index (χ0n) is 13.2. The average Bonchev–Trinajstić information content (AvgIpc) is 2.59. The molecule has 0 heterocycles. The summed E-state index contributed by atoms with van der Waals surface area (Å²) in [6, 6.07) is 19.4. The minimum absolute atomic E-state index is 0.245. The maximum atomic E-state index is 12.4. The maximum Gasteiger partial charge on any atom is 0.342 e. The van der Waals surface area contributed by atoms with Crippen LogP contribution in [-0.2, 0) is 11.3 Å². The summed E-state index contributed by atoms with van der Waals surface area (Å²) >= 11 is 0. The van der Waals surface area contributed by atoms with Crippen LogP contribution in [0.25, 0.3) is 10.8 Å². The Hall–Kier alpha value is -2.81. The minimum Gasteiger partial charge on any atom is -0.496 e. The fourth-order valence-electron chi connectivity index (χ4n) is 2.46. The number of esters is 1. The van der Waals surface area contributed by atoms with Crippen LogP contribution in [0.4, 0.5) is 0 Å². The van der Waals surface area contributed by atoms with Gasteiger partial charge in [0.2, 0.25) is 0 Å². The number of carbonyl (C=O) groups is 1. The quantitative estimate of drug-likeness (QED) is 0.665. The zero-order valence-corrected chi connectivity index (χ0v) is 13.2. The molecular formula is C20H18O3. The number of fused-ring (bicyclic) bond motifs is 1. The number of hydrogen-bond donors (Lipinski definition) is 0. The molecule has 23 heavy (non-hydrogen) atoms. The molecule has 0 N–H and O–H groups in total. The predicted molar refractivity (Wildman–Crippen MR) is 90.8 cm³/mol. The SMILES string of the molecule is COc1cc2ccccc2cc1C(=O)OCc1ccc(C)cc1. The second-order valence-corrected chi connectivity index (χ2v) is 5.46. The van der Waals surface area contributed by atoms with E-state index in [-0.39, 0.29) is 12.6 Å². The molecule has 0 spiro atoms. The Bertz CT molecular complexity index is 835. The van der Waals surface area contributed by atoms with Gasteiger partial charge in [-0.25, -0.2) is 4.79 Å². The Balaban J connectivity index is 1.83. The minimum atomic E-state index is -0.381. The molecule has 3 heteroatoms. The molecule has 3 nitrogen and oxygen atoms in total. The summed E-state index contributed by atoms with van der Waals surface area (Å²) in [6.07, 6.45) is 0. The van der Waals surface area contributed by atoms with Crippen molar-refractivity contribution < 1.29 is 14.3 Å². The van der Waals surface area contributed by atoms with Crippen LogP contribution < -0.4 is 4.74 Å². The van der Waals surface area contributed by atoms with E-state index in [0.29, 0.717) is 11.3 Å². The summed E-state index contributed by atoms with van der Waals surface area (Å²) in [5, 5.41) is 2.01. The highest BCUT2D eigenvalue weighted by Crippen LogP contribution is 2.26. The molecular weight excluding hydrogens is 288 g/mol. The van der Waals surface area contributed by atoms with Gasteiger partial charge in [0.1, 0.15) is 17.9 Å². The van der Waals surface area contributed by atoms with Crippen LogP contribution in [-0.4, -0.2) is 13.1 Å². The smallest absolute Gasteiger partial charge is 0.342 e. The molecule has 3 rings (SSSR count). The van der Waals surface area contributed by atoms with Crippen LogP contribution >= 0.6 is 0 Å². The lowest BCUT2D eigenvalue weighted by Gasteiger charge is -2.10. The second kappa shape index (κ2) is 6.53. The highest BCUT2D eigenvalue weighted by molar-refractivity contribution is 5.98. The standard InChI is InChI=1S/C20H18O3/c1-14-7-9-15(10-8-14)13-23-20(21)18-11-16-5-3-4-6-17(16)12-19(18)22-2/h3-12H,13H2,1-2H3. The summed E-state index contributed by atoms with van der Waals surface area (Å²) in [7, 11) is 1.56. The van der Waals surface area contributed by atoms with Crippen LogP contribution in [0.1, 0.15) is 21.5 Å². The molecule has 0 aliphatic rings. The first-order valence-corrected chi connectivity index (χ1v) is 7.47. The fraction of sp³-hybridized carbons (Fsp3) is 0.150. The van der Waals surface area contributed by atoms with E-state index < -0.39 is 0 Å². The number of aryl methyl sites for hydroxylation is 1.